The van der Waals surface area contributed by atoms with Crippen molar-refractivity contribution in [3.8, 4) is 0 Å². The van der Waals surface area contributed by atoms with E-state index >= 15 is 0 Å². The van der Waals surface area contributed by atoms with Crippen LogP contribution in [-0.4, -0.2) is 37.1 Å². The summed E-state index contributed by atoms with van der Waals surface area (Å²) in [5.41, 5.74) is 1.47. The predicted octanol–water partition coefficient (Wildman–Crippen LogP) is 2.94. The van der Waals surface area contributed by atoms with Crippen molar-refractivity contribution < 1.29 is 0 Å². The first-order chi connectivity index (χ1) is 9.29. The highest BCUT2D eigenvalue weighted by Crippen LogP contribution is 2.17. The van der Waals surface area contributed by atoms with Crippen LogP contribution in [0.1, 0.15) is 32.3 Å². The summed E-state index contributed by atoms with van der Waals surface area (Å²) in [6, 6.07) is 11.6. The Bertz CT molecular complexity index is 350. The second-order valence-electron chi connectivity index (χ2n) is 5.82. The Hall–Kier alpha value is -0.860. The van der Waals surface area contributed by atoms with Crippen LogP contribution in [0.5, 0.6) is 0 Å². The fourth-order valence-electron chi connectivity index (χ4n) is 3.15. The molecule has 1 aromatic rings. The Morgan fingerprint density at radius 2 is 2.05 bits per heavy atom. The summed E-state index contributed by atoms with van der Waals surface area (Å²) in [7, 11) is 0. The standard InChI is InChI=1S/C17H28N2/c1-3-18-17-11-13-19(14-15(17)2)12-7-10-16-8-5-4-6-9-16/h4-6,8-9,15,17-18H,3,7,10-14H2,1-2H3. The topological polar surface area (TPSA) is 15.3 Å². The molecule has 2 rings (SSSR count). The van der Waals surface area contributed by atoms with Gasteiger partial charge in [0.15, 0.2) is 0 Å². The molecule has 0 saturated carbocycles. The fraction of sp³-hybridized carbons (Fsp3) is 0.647. The third kappa shape index (κ3) is 4.63. The normalized spacial score (nSPS) is 24.5. The van der Waals surface area contributed by atoms with Gasteiger partial charge in [-0.25, -0.2) is 0 Å². The molecule has 1 saturated heterocycles. The molecule has 0 aromatic heterocycles. The van der Waals surface area contributed by atoms with Gasteiger partial charge in [0.25, 0.3) is 0 Å². The van der Waals surface area contributed by atoms with Crippen molar-refractivity contribution in [3.63, 3.8) is 0 Å². The van der Waals surface area contributed by atoms with Gasteiger partial charge in [-0.2, -0.15) is 0 Å². The molecule has 2 nitrogen and oxygen atoms in total. The van der Waals surface area contributed by atoms with Crippen molar-refractivity contribution in [1.82, 2.24) is 10.2 Å². The van der Waals surface area contributed by atoms with Crippen LogP contribution in [0.3, 0.4) is 0 Å². The maximum absolute atomic E-state index is 3.61. The molecule has 1 aliphatic heterocycles. The summed E-state index contributed by atoms with van der Waals surface area (Å²) in [4.78, 5) is 2.64. The lowest BCUT2D eigenvalue weighted by atomic mass is 9.93. The third-order valence-electron chi connectivity index (χ3n) is 4.24. The molecule has 1 aromatic carbocycles. The van der Waals surface area contributed by atoms with Crippen LogP contribution < -0.4 is 5.32 Å². The summed E-state index contributed by atoms with van der Waals surface area (Å²) in [5, 5.41) is 3.61. The van der Waals surface area contributed by atoms with Crippen molar-refractivity contribution in [2.24, 2.45) is 5.92 Å². The molecule has 2 heteroatoms. The Morgan fingerprint density at radius 3 is 2.74 bits per heavy atom. The van der Waals surface area contributed by atoms with Crippen LogP contribution in [0.15, 0.2) is 30.3 Å². The van der Waals surface area contributed by atoms with Gasteiger partial charge in [0.05, 0.1) is 0 Å². The van der Waals surface area contributed by atoms with Gasteiger partial charge < -0.3 is 10.2 Å². The Labute approximate surface area is 118 Å². The number of hydrogen-bond acceptors (Lipinski definition) is 2. The molecule has 0 aliphatic carbocycles. The molecule has 1 heterocycles. The second kappa shape index (κ2) is 7.66. The number of likely N-dealkylation sites (tertiary alicyclic amines) is 1. The monoisotopic (exact) mass is 260 g/mol. The number of rotatable bonds is 6. The van der Waals surface area contributed by atoms with Crippen molar-refractivity contribution in [3.05, 3.63) is 35.9 Å². The van der Waals surface area contributed by atoms with E-state index in [0.717, 1.165) is 18.5 Å². The maximum atomic E-state index is 3.61. The zero-order valence-corrected chi connectivity index (χ0v) is 12.4. The molecule has 106 valence electrons. The van der Waals surface area contributed by atoms with Crippen LogP contribution in [-0.2, 0) is 6.42 Å². The Kier molecular flexibility index (Phi) is 5.87. The molecular formula is C17H28N2. The van der Waals surface area contributed by atoms with Crippen molar-refractivity contribution in [2.75, 3.05) is 26.2 Å². The summed E-state index contributed by atoms with van der Waals surface area (Å²) in [5.74, 6) is 0.783. The van der Waals surface area contributed by atoms with E-state index < -0.39 is 0 Å². The lowest BCUT2D eigenvalue weighted by molar-refractivity contribution is 0.147. The average Bonchev–Trinajstić information content (AvgIpc) is 2.43. The smallest absolute Gasteiger partial charge is 0.0117 e. The van der Waals surface area contributed by atoms with Crippen LogP contribution >= 0.6 is 0 Å². The van der Waals surface area contributed by atoms with Crippen LogP contribution in [0.25, 0.3) is 0 Å². The second-order valence-corrected chi connectivity index (χ2v) is 5.82. The van der Waals surface area contributed by atoms with Crippen molar-refractivity contribution in [2.45, 2.75) is 39.2 Å². The molecule has 19 heavy (non-hydrogen) atoms. The number of aryl methyl sites for hydroxylation is 1. The lowest BCUT2D eigenvalue weighted by Crippen LogP contribution is -2.48. The third-order valence-corrected chi connectivity index (χ3v) is 4.24. The number of benzene rings is 1. The average molecular weight is 260 g/mol. The van der Waals surface area contributed by atoms with E-state index in [0.29, 0.717) is 0 Å². The molecule has 0 radical (unpaired) electrons. The summed E-state index contributed by atoms with van der Waals surface area (Å²) in [6.45, 7) is 9.46. The number of nitrogens with zero attached hydrogens (tertiary/aromatic N) is 1. The lowest BCUT2D eigenvalue weighted by Gasteiger charge is -2.37. The van der Waals surface area contributed by atoms with Gasteiger partial charge in [0, 0.05) is 12.6 Å². The molecule has 1 fully saturated rings. The van der Waals surface area contributed by atoms with E-state index in [1.165, 1.54) is 44.5 Å². The molecular weight excluding hydrogens is 232 g/mol. The van der Waals surface area contributed by atoms with Crippen LogP contribution in [0.4, 0.5) is 0 Å². The fourth-order valence-corrected chi connectivity index (χ4v) is 3.15. The number of piperidine rings is 1. The molecule has 0 bridgehead atoms. The van der Waals surface area contributed by atoms with E-state index in [2.05, 4.69) is 54.4 Å². The summed E-state index contributed by atoms with van der Waals surface area (Å²) >= 11 is 0. The Balaban J connectivity index is 1.67. The Morgan fingerprint density at radius 1 is 1.26 bits per heavy atom. The van der Waals surface area contributed by atoms with Gasteiger partial charge in [0.1, 0.15) is 0 Å². The SMILES string of the molecule is CCNC1CCN(CCCc2ccccc2)CC1C. The van der Waals surface area contributed by atoms with E-state index in [1.807, 2.05) is 0 Å². The highest BCUT2D eigenvalue weighted by molar-refractivity contribution is 5.14. The first-order valence-corrected chi connectivity index (χ1v) is 7.79. The number of nitrogens with one attached hydrogen (secondary N) is 1. The highest BCUT2D eigenvalue weighted by Gasteiger charge is 2.24. The summed E-state index contributed by atoms with van der Waals surface area (Å²) < 4.78 is 0. The molecule has 2 atom stereocenters. The molecule has 2 unspecified atom stereocenters. The minimum Gasteiger partial charge on any atom is -0.314 e. The molecule has 1 aliphatic rings. The van der Waals surface area contributed by atoms with E-state index in [9.17, 15) is 0 Å². The zero-order valence-electron chi connectivity index (χ0n) is 12.4. The van der Waals surface area contributed by atoms with Crippen LogP contribution in [0.2, 0.25) is 0 Å². The van der Waals surface area contributed by atoms with Gasteiger partial charge >= 0.3 is 0 Å². The minimum atomic E-state index is 0.732. The molecule has 0 spiro atoms. The van der Waals surface area contributed by atoms with Gasteiger partial charge in [0.2, 0.25) is 0 Å². The van der Waals surface area contributed by atoms with E-state index in [-0.39, 0.29) is 0 Å². The van der Waals surface area contributed by atoms with Crippen LogP contribution in [0, 0.1) is 5.92 Å². The summed E-state index contributed by atoms with van der Waals surface area (Å²) in [6.07, 6.45) is 3.80. The predicted molar refractivity (Wildman–Crippen MR) is 82.4 cm³/mol. The first kappa shape index (κ1) is 14.5. The van der Waals surface area contributed by atoms with E-state index in [4.69, 9.17) is 0 Å². The molecule has 0 amide bonds. The van der Waals surface area contributed by atoms with Crippen molar-refractivity contribution in [1.29, 1.82) is 0 Å². The first-order valence-electron chi connectivity index (χ1n) is 7.79. The van der Waals surface area contributed by atoms with Gasteiger partial charge in [-0.1, -0.05) is 44.2 Å². The molecule has 1 N–H and O–H groups in total. The van der Waals surface area contributed by atoms with Crippen molar-refractivity contribution >= 4 is 0 Å². The largest absolute Gasteiger partial charge is 0.314 e. The van der Waals surface area contributed by atoms with E-state index in [1.54, 1.807) is 0 Å². The van der Waals surface area contributed by atoms with Gasteiger partial charge in [-0.05, 0) is 50.4 Å². The quantitative estimate of drug-likeness (QED) is 0.846. The van der Waals surface area contributed by atoms with Gasteiger partial charge in [-0.3, -0.25) is 0 Å². The zero-order chi connectivity index (χ0) is 13.5. The highest BCUT2D eigenvalue weighted by atomic mass is 15.1. The minimum absolute atomic E-state index is 0.732. The number of hydrogen-bond donors (Lipinski definition) is 1. The maximum Gasteiger partial charge on any atom is 0.0117 e. The van der Waals surface area contributed by atoms with Gasteiger partial charge in [-0.15, -0.1) is 0 Å².